The molecule has 0 aliphatic carbocycles. The molecule has 9 heavy (non-hydrogen) atoms. The molecular formula is C5H10INOS. The van der Waals surface area contributed by atoms with Crippen molar-refractivity contribution in [3.05, 3.63) is 0 Å². The van der Waals surface area contributed by atoms with Gasteiger partial charge in [-0.2, -0.15) is 0 Å². The van der Waals surface area contributed by atoms with Crippen molar-refractivity contribution in [1.29, 1.82) is 0 Å². The molecule has 0 aliphatic heterocycles. The molecular weight excluding hydrogens is 249 g/mol. The van der Waals surface area contributed by atoms with E-state index in [-0.39, 0.29) is 5.91 Å². The molecule has 0 N–H and O–H groups in total. The van der Waals surface area contributed by atoms with Crippen molar-refractivity contribution in [2.24, 2.45) is 0 Å². The van der Waals surface area contributed by atoms with Gasteiger partial charge in [0.25, 0.3) is 0 Å². The minimum atomic E-state index is 0.205. The van der Waals surface area contributed by atoms with E-state index in [1.165, 1.54) is 9.12 Å². The van der Waals surface area contributed by atoms with Gasteiger partial charge in [-0.1, -0.05) is 6.92 Å². The monoisotopic (exact) mass is 259 g/mol. The van der Waals surface area contributed by atoms with Crippen LogP contribution in [0.2, 0.25) is 0 Å². The van der Waals surface area contributed by atoms with E-state index in [1.54, 1.807) is 11.4 Å². The molecule has 0 heterocycles. The second kappa shape index (κ2) is 5.34. The standard InChI is InChI=1S/C5H10INOS/c1-3-4-5(8)7(2)9-6/h3-4H2,1-2H3. The lowest BCUT2D eigenvalue weighted by Gasteiger charge is -2.09. The van der Waals surface area contributed by atoms with Gasteiger partial charge in [0.1, 0.15) is 0 Å². The van der Waals surface area contributed by atoms with Gasteiger partial charge in [0.15, 0.2) is 0 Å². The smallest absolute Gasteiger partial charge is 0.232 e. The van der Waals surface area contributed by atoms with E-state index in [4.69, 9.17) is 0 Å². The molecule has 0 rings (SSSR count). The van der Waals surface area contributed by atoms with Gasteiger partial charge in [-0.25, -0.2) is 0 Å². The summed E-state index contributed by atoms with van der Waals surface area (Å²) in [4.78, 5) is 10.9. The zero-order chi connectivity index (χ0) is 7.28. The predicted octanol–water partition coefficient (Wildman–Crippen LogP) is 2.24. The van der Waals surface area contributed by atoms with E-state index in [1.807, 2.05) is 6.92 Å². The van der Waals surface area contributed by atoms with E-state index < -0.39 is 0 Å². The fraction of sp³-hybridized carbons (Fsp3) is 0.800. The molecule has 0 bridgehead atoms. The van der Waals surface area contributed by atoms with Crippen LogP contribution in [0.1, 0.15) is 19.8 Å². The van der Waals surface area contributed by atoms with Crippen LogP contribution in [0.4, 0.5) is 0 Å². The molecule has 4 heteroatoms. The minimum Gasteiger partial charge on any atom is -0.281 e. The van der Waals surface area contributed by atoms with Gasteiger partial charge in [-0.3, -0.25) is 9.10 Å². The zero-order valence-corrected chi connectivity index (χ0v) is 8.53. The van der Waals surface area contributed by atoms with Crippen molar-refractivity contribution < 1.29 is 4.79 Å². The van der Waals surface area contributed by atoms with Crippen LogP contribution in [-0.4, -0.2) is 17.3 Å². The Labute approximate surface area is 72.1 Å². The van der Waals surface area contributed by atoms with Crippen molar-refractivity contribution in [1.82, 2.24) is 4.31 Å². The average molecular weight is 259 g/mol. The lowest BCUT2D eigenvalue weighted by atomic mass is 10.3. The summed E-state index contributed by atoms with van der Waals surface area (Å²) < 4.78 is 1.64. The Balaban J connectivity index is 3.46. The Kier molecular flexibility index (Phi) is 5.67. The van der Waals surface area contributed by atoms with Gasteiger partial charge in [0.05, 0.1) is 0 Å². The molecule has 0 saturated heterocycles. The highest BCUT2D eigenvalue weighted by molar-refractivity contribution is 14.2. The summed E-state index contributed by atoms with van der Waals surface area (Å²) in [5, 5.41) is 0. The van der Waals surface area contributed by atoms with Crippen LogP contribution in [0.25, 0.3) is 0 Å². The molecule has 0 aromatic carbocycles. The van der Waals surface area contributed by atoms with Crippen LogP contribution in [0.5, 0.6) is 0 Å². The number of carbonyl (C=O) groups excluding carboxylic acids is 1. The van der Waals surface area contributed by atoms with Crippen LogP contribution >= 0.6 is 30.3 Å². The number of nitrogens with zero attached hydrogens (tertiary/aromatic N) is 1. The highest BCUT2D eigenvalue weighted by atomic mass is 127. The van der Waals surface area contributed by atoms with Crippen LogP contribution in [0.15, 0.2) is 0 Å². The molecule has 0 radical (unpaired) electrons. The summed E-state index contributed by atoms with van der Waals surface area (Å²) in [6, 6.07) is 0. The van der Waals surface area contributed by atoms with Crippen molar-refractivity contribution in [3.63, 3.8) is 0 Å². The van der Waals surface area contributed by atoms with Crippen LogP contribution in [0, 0.1) is 0 Å². The SMILES string of the molecule is CCCC(=O)N(C)SI. The third kappa shape index (κ3) is 4.02. The maximum Gasteiger partial charge on any atom is 0.232 e. The number of amides is 1. The third-order valence-electron chi connectivity index (χ3n) is 0.919. The molecule has 0 aromatic rings. The van der Waals surface area contributed by atoms with Crippen LogP contribution < -0.4 is 0 Å². The summed E-state index contributed by atoms with van der Waals surface area (Å²) in [6.45, 7) is 2.00. The number of rotatable bonds is 3. The van der Waals surface area contributed by atoms with Crippen LogP contribution in [0.3, 0.4) is 0 Å². The molecule has 0 aliphatic rings. The normalized spacial score (nSPS) is 9.22. The maximum atomic E-state index is 10.9. The highest BCUT2D eigenvalue weighted by Gasteiger charge is 2.04. The van der Waals surface area contributed by atoms with Crippen molar-refractivity contribution >= 4 is 36.2 Å². The molecule has 0 saturated carbocycles. The Hall–Kier alpha value is 0.550. The molecule has 0 aromatic heterocycles. The summed E-state index contributed by atoms with van der Waals surface area (Å²) in [5.41, 5.74) is 0. The summed E-state index contributed by atoms with van der Waals surface area (Å²) in [7, 11) is 3.21. The van der Waals surface area contributed by atoms with E-state index in [0.29, 0.717) is 6.42 Å². The van der Waals surface area contributed by atoms with Crippen molar-refractivity contribution in [3.8, 4) is 0 Å². The van der Waals surface area contributed by atoms with E-state index in [2.05, 4.69) is 21.2 Å². The van der Waals surface area contributed by atoms with Crippen molar-refractivity contribution in [2.45, 2.75) is 19.8 Å². The van der Waals surface area contributed by atoms with Gasteiger partial charge >= 0.3 is 0 Å². The number of hydrogen-bond donors (Lipinski definition) is 0. The first-order chi connectivity index (χ1) is 4.22. The van der Waals surface area contributed by atoms with Gasteiger partial charge in [-0.05, 0) is 6.42 Å². The van der Waals surface area contributed by atoms with E-state index >= 15 is 0 Å². The number of halogens is 1. The first-order valence-corrected chi connectivity index (χ1v) is 6.09. The quantitative estimate of drug-likeness (QED) is 0.572. The first kappa shape index (κ1) is 9.55. The predicted molar refractivity (Wildman–Crippen MR) is 49.3 cm³/mol. The van der Waals surface area contributed by atoms with Crippen LogP contribution in [-0.2, 0) is 4.79 Å². The molecule has 0 unspecified atom stereocenters. The summed E-state index contributed by atoms with van der Waals surface area (Å²) >= 11 is 2.09. The fourth-order valence-corrected chi connectivity index (χ4v) is 1.24. The van der Waals surface area contributed by atoms with Gasteiger partial charge in [0.2, 0.25) is 5.91 Å². The summed E-state index contributed by atoms with van der Waals surface area (Å²) in [5.74, 6) is 0.205. The molecule has 0 atom stereocenters. The second-order valence-electron chi connectivity index (χ2n) is 1.71. The fourth-order valence-electron chi connectivity index (χ4n) is 0.410. The Bertz CT molecular complexity index is 99.0. The highest BCUT2D eigenvalue weighted by Crippen LogP contribution is 2.16. The summed E-state index contributed by atoms with van der Waals surface area (Å²) in [6.07, 6.45) is 1.59. The lowest BCUT2D eigenvalue weighted by molar-refractivity contribution is -0.125. The molecule has 54 valence electrons. The Morgan fingerprint density at radius 2 is 2.33 bits per heavy atom. The van der Waals surface area contributed by atoms with Gasteiger partial charge in [0, 0.05) is 43.8 Å². The number of hydrogen-bond acceptors (Lipinski definition) is 2. The molecule has 2 nitrogen and oxygen atoms in total. The largest absolute Gasteiger partial charge is 0.281 e. The zero-order valence-electron chi connectivity index (χ0n) is 5.56. The van der Waals surface area contributed by atoms with Gasteiger partial charge in [-0.15, -0.1) is 0 Å². The van der Waals surface area contributed by atoms with E-state index in [9.17, 15) is 4.79 Å². The first-order valence-electron chi connectivity index (χ1n) is 2.77. The van der Waals surface area contributed by atoms with Crippen molar-refractivity contribution in [2.75, 3.05) is 7.05 Å². The second-order valence-corrected chi connectivity index (χ2v) is 3.58. The molecule has 0 fully saturated rings. The topological polar surface area (TPSA) is 20.3 Å². The van der Waals surface area contributed by atoms with E-state index in [0.717, 1.165) is 6.42 Å². The maximum absolute atomic E-state index is 10.9. The average Bonchev–Trinajstić information content (AvgIpc) is 1.87. The number of carbonyl (C=O) groups is 1. The third-order valence-corrected chi connectivity index (χ3v) is 3.10. The molecule has 1 amide bonds. The molecule has 0 spiro atoms. The Morgan fingerprint density at radius 3 is 2.67 bits per heavy atom. The van der Waals surface area contributed by atoms with Gasteiger partial charge < -0.3 is 0 Å². The lowest BCUT2D eigenvalue weighted by Crippen LogP contribution is -2.16. The Morgan fingerprint density at radius 1 is 1.78 bits per heavy atom. The minimum absolute atomic E-state index is 0.205.